The van der Waals surface area contributed by atoms with Crippen molar-refractivity contribution in [2.75, 3.05) is 0 Å². The Labute approximate surface area is 485 Å². The molecule has 82 heavy (non-hydrogen) atoms. The molecular weight excluding hydrogens is 995 g/mol. The van der Waals surface area contributed by atoms with E-state index in [-0.39, 0.29) is 5.75 Å². The molecule has 2 aliphatic carbocycles. The van der Waals surface area contributed by atoms with Gasteiger partial charge in [0.1, 0.15) is 11.6 Å². The second-order valence-electron chi connectivity index (χ2n) is 22.4. The number of aromatic hydroxyl groups is 1. The summed E-state index contributed by atoms with van der Waals surface area (Å²) in [6, 6.07) is 89.3. The Kier molecular flexibility index (Phi) is 13.4. The minimum Gasteiger partial charge on any atom is -0.507 e. The number of pyridine rings is 1. The van der Waals surface area contributed by atoms with Gasteiger partial charge in [0.15, 0.2) is 0 Å². The minimum atomic E-state index is -0.740. The first-order chi connectivity index (χ1) is 41.2. The molecule has 0 aliphatic heterocycles. The number of imidazole rings is 1. The molecule has 2 aliphatic rings. The summed E-state index contributed by atoms with van der Waals surface area (Å²) in [4.78, 5) is 10.9. The Bertz CT molecular complexity index is 4300. The molecule has 0 amide bonds. The number of rotatable bonds is 13. The number of phenolic OH excluding ortho intramolecular Hbond substituents is 1. The van der Waals surface area contributed by atoms with E-state index in [1.807, 2.05) is 48.7 Å². The highest BCUT2D eigenvalue weighted by Gasteiger charge is 2.27. The molecule has 4 heteroatoms. The van der Waals surface area contributed by atoms with Crippen LogP contribution in [-0.4, -0.2) is 19.6 Å². The molecule has 2 saturated carbocycles. The van der Waals surface area contributed by atoms with Crippen LogP contribution in [0.1, 0.15) is 82.6 Å². The maximum absolute atomic E-state index is 12.9. The summed E-state index contributed by atoms with van der Waals surface area (Å²) in [6.07, 6.45) is 10.7. The molecule has 398 valence electrons. The molecule has 14 rings (SSSR count). The lowest BCUT2D eigenvalue weighted by Crippen LogP contribution is -2.12. The summed E-state index contributed by atoms with van der Waals surface area (Å²) in [5, 5.41) is 12.9. The van der Waals surface area contributed by atoms with E-state index in [0.717, 1.165) is 112 Å². The standard InChI is InChI=1S/C78H65N3O/c82-77-71(63-29-14-5-15-30-63)50-66(57-25-10-3-11-26-57)51-72(77)78-80-76-69(31-18-32-75(76)81(78)74-42-33-54(45-53-19-16-17-20-53)46-70(74)62-27-12-4-13-28-62)67-47-65(56-23-8-2-9-24-56)48-68(49-67)73-52-64(43-44-79-73)61-40-38-60(39-41-61)59-36-34-58(35-37-59)55-21-6-1-7-22-55/h1-15,18,21-33,38-44,46-53,58-59,82H,16-17,19-20,34-37,45H2/i58D,59D. The van der Waals surface area contributed by atoms with Crippen LogP contribution in [0.3, 0.4) is 0 Å². The first kappa shape index (κ1) is 48.5. The summed E-state index contributed by atoms with van der Waals surface area (Å²) in [5.41, 5.74) is 20.6. The fraction of sp³-hybridized carbons (Fsp3) is 0.154. The molecule has 2 fully saturated rings. The Morgan fingerprint density at radius 1 is 0.402 bits per heavy atom. The third kappa shape index (κ3) is 10.3. The molecule has 0 spiro atoms. The molecule has 1 N–H and O–H groups in total. The second kappa shape index (κ2) is 22.6. The van der Waals surface area contributed by atoms with Crippen molar-refractivity contribution in [3.8, 4) is 101 Å². The van der Waals surface area contributed by atoms with Crippen LogP contribution in [0.25, 0.3) is 106 Å². The normalized spacial score (nSPS) is 17.6. The Balaban J connectivity index is 0.921. The zero-order valence-corrected chi connectivity index (χ0v) is 46.1. The summed E-state index contributed by atoms with van der Waals surface area (Å²) < 4.78 is 21.2. The number of aromatic nitrogens is 3. The fourth-order valence-electron chi connectivity index (χ4n) is 13.0. The summed E-state index contributed by atoms with van der Waals surface area (Å²) in [6.45, 7) is 0. The molecule has 0 radical (unpaired) electrons. The van der Waals surface area contributed by atoms with Crippen LogP contribution in [0.15, 0.2) is 261 Å². The second-order valence-corrected chi connectivity index (χ2v) is 22.4. The van der Waals surface area contributed by atoms with Gasteiger partial charge in [-0.2, -0.15) is 0 Å². The first-order valence-electron chi connectivity index (χ1n) is 30.3. The van der Waals surface area contributed by atoms with Gasteiger partial charge in [-0.25, -0.2) is 4.98 Å². The summed E-state index contributed by atoms with van der Waals surface area (Å²) >= 11 is 0. The molecule has 2 aromatic heterocycles. The van der Waals surface area contributed by atoms with E-state index in [1.54, 1.807) is 0 Å². The van der Waals surface area contributed by atoms with Crippen LogP contribution in [0.4, 0.5) is 0 Å². The van der Waals surface area contributed by atoms with Gasteiger partial charge in [-0.05, 0) is 177 Å². The molecule has 0 saturated heterocycles. The zero-order chi connectivity index (χ0) is 56.6. The lowest BCUT2D eigenvalue weighted by atomic mass is 9.76. The lowest BCUT2D eigenvalue weighted by Gasteiger charge is -2.29. The van der Waals surface area contributed by atoms with Crippen LogP contribution in [-0.2, 0) is 6.42 Å². The average molecular weight is 1060 g/mol. The Morgan fingerprint density at radius 3 is 1.59 bits per heavy atom. The molecular formula is C78H65N3O. The van der Waals surface area contributed by atoms with Gasteiger partial charge in [0.05, 0.1) is 28.0 Å². The third-order valence-corrected chi connectivity index (χ3v) is 17.3. The number of fused-ring (bicyclic) bond motifs is 1. The molecule has 4 nitrogen and oxygen atoms in total. The van der Waals surface area contributed by atoms with E-state index < -0.39 is 11.8 Å². The van der Waals surface area contributed by atoms with E-state index in [1.165, 1.54) is 31.2 Å². The van der Waals surface area contributed by atoms with Crippen molar-refractivity contribution in [3.05, 3.63) is 278 Å². The largest absolute Gasteiger partial charge is 0.507 e. The molecule has 0 atom stereocenters. The topological polar surface area (TPSA) is 50.9 Å². The van der Waals surface area contributed by atoms with E-state index in [2.05, 4.69) is 217 Å². The maximum atomic E-state index is 12.9. The number of hydrogen-bond acceptors (Lipinski definition) is 3. The van der Waals surface area contributed by atoms with Gasteiger partial charge >= 0.3 is 0 Å². The number of para-hydroxylation sites is 1. The van der Waals surface area contributed by atoms with Crippen molar-refractivity contribution < 1.29 is 7.85 Å². The van der Waals surface area contributed by atoms with Gasteiger partial charge in [0.25, 0.3) is 0 Å². The van der Waals surface area contributed by atoms with Crippen molar-refractivity contribution in [2.45, 2.75) is 69.6 Å². The van der Waals surface area contributed by atoms with Crippen LogP contribution in [0.5, 0.6) is 5.75 Å². The maximum Gasteiger partial charge on any atom is 0.149 e. The van der Waals surface area contributed by atoms with Crippen LogP contribution >= 0.6 is 0 Å². The molecule has 0 bridgehead atoms. The van der Waals surface area contributed by atoms with Crippen molar-refractivity contribution in [3.63, 3.8) is 0 Å². The van der Waals surface area contributed by atoms with Crippen molar-refractivity contribution >= 4 is 11.0 Å². The highest BCUT2D eigenvalue weighted by atomic mass is 16.3. The van der Waals surface area contributed by atoms with Gasteiger partial charge in [0, 0.05) is 31.2 Å². The summed E-state index contributed by atoms with van der Waals surface area (Å²) in [5.74, 6) is 0.0865. The predicted molar refractivity (Wildman–Crippen MR) is 340 cm³/mol. The Hall–Kier alpha value is -9.38. The van der Waals surface area contributed by atoms with Crippen molar-refractivity contribution in [1.82, 2.24) is 14.5 Å². The Morgan fingerprint density at radius 2 is 0.939 bits per heavy atom. The monoisotopic (exact) mass is 1060 g/mol. The minimum absolute atomic E-state index is 0.166. The van der Waals surface area contributed by atoms with E-state index in [4.69, 9.17) is 9.97 Å². The van der Waals surface area contributed by atoms with Crippen LogP contribution in [0.2, 0.25) is 0 Å². The number of hydrogen-bond donors (Lipinski definition) is 1. The molecule has 0 unspecified atom stereocenters. The van der Waals surface area contributed by atoms with E-state index in [0.29, 0.717) is 43.0 Å². The first-order valence-corrected chi connectivity index (χ1v) is 29.3. The quantitative estimate of drug-likeness (QED) is 0.125. The molecule has 2 heterocycles. The van der Waals surface area contributed by atoms with E-state index in [9.17, 15) is 7.85 Å². The molecule has 10 aromatic carbocycles. The highest BCUT2D eigenvalue weighted by Crippen LogP contribution is 2.47. The van der Waals surface area contributed by atoms with Gasteiger partial charge in [-0.3, -0.25) is 9.55 Å². The van der Waals surface area contributed by atoms with Gasteiger partial charge in [-0.1, -0.05) is 220 Å². The van der Waals surface area contributed by atoms with Gasteiger partial charge in [-0.15, -0.1) is 0 Å². The van der Waals surface area contributed by atoms with E-state index >= 15 is 0 Å². The van der Waals surface area contributed by atoms with Crippen LogP contribution in [0, 0.1) is 5.92 Å². The highest BCUT2D eigenvalue weighted by molar-refractivity contribution is 5.99. The number of phenols is 1. The fourth-order valence-corrected chi connectivity index (χ4v) is 13.0. The number of nitrogens with zero attached hydrogens (tertiary/aromatic N) is 3. The average Bonchev–Trinajstić information content (AvgIpc) is 2.68. The van der Waals surface area contributed by atoms with Crippen LogP contribution < -0.4 is 0 Å². The molecule has 12 aromatic rings. The predicted octanol–water partition coefficient (Wildman–Crippen LogP) is 20.6. The van der Waals surface area contributed by atoms with Crippen molar-refractivity contribution in [1.29, 1.82) is 0 Å². The van der Waals surface area contributed by atoms with Gasteiger partial charge < -0.3 is 5.11 Å². The zero-order valence-electron chi connectivity index (χ0n) is 48.1. The smallest absolute Gasteiger partial charge is 0.149 e. The number of benzene rings is 10. The lowest BCUT2D eigenvalue weighted by molar-refractivity contribution is 0.396. The summed E-state index contributed by atoms with van der Waals surface area (Å²) in [7, 11) is 0. The SMILES string of the molecule is [2H]C1(c2ccccc2)CCC([2H])(c2ccc(-c3ccnc(-c4cc(-c5ccccc5)cc(-c5cccc6c5nc(-c5cc(-c7ccccc7)cc(-c7ccccc7)c5O)n6-c5ccc(CC6CCCC6)cc5-c5ccccc5)c4)c3)cc2)CC1. The van der Waals surface area contributed by atoms with Crippen molar-refractivity contribution in [2.24, 2.45) is 5.92 Å². The van der Waals surface area contributed by atoms with Gasteiger partial charge in [0.2, 0.25) is 0 Å². The third-order valence-electron chi connectivity index (χ3n) is 17.3.